The maximum atomic E-state index is 12.4. The van der Waals surface area contributed by atoms with E-state index in [9.17, 15) is 14.4 Å². The predicted molar refractivity (Wildman–Crippen MR) is 93.6 cm³/mol. The predicted octanol–water partition coefficient (Wildman–Crippen LogP) is 2.23. The zero-order valence-corrected chi connectivity index (χ0v) is 16.0. The zero-order valence-electron chi connectivity index (χ0n) is 14.4. The lowest BCUT2D eigenvalue weighted by Gasteiger charge is -2.20. The number of hydrogen-bond acceptors (Lipinski definition) is 6. The van der Waals surface area contributed by atoms with Gasteiger partial charge < -0.3 is 19.9 Å². The SMILES string of the molecule is CCOc1c(Br)cc(C(=O)O[C@H](C(=O)NC(N)=O)C(C)C)cc1OC. The Morgan fingerprint density at radius 3 is 2.40 bits per heavy atom. The Morgan fingerprint density at radius 1 is 1.28 bits per heavy atom. The van der Waals surface area contributed by atoms with Crippen LogP contribution in [0.1, 0.15) is 31.1 Å². The van der Waals surface area contributed by atoms with Crippen LogP contribution in [0, 0.1) is 5.92 Å². The van der Waals surface area contributed by atoms with Crippen LogP contribution in [0.5, 0.6) is 11.5 Å². The van der Waals surface area contributed by atoms with E-state index in [2.05, 4.69) is 15.9 Å². The fourth-order valence-electron chi connectivity index (χ4n) is 1.99. The first-order valence-corrected chi connectivity index (χ1v) is 8.32. The third kappa shape index (κ3) is 5.63. The highest BCUT2D eigenvalue weighted by Crippen LogP contribution is 2.37. The van der Waals surface area contributed by atoms with Crippen molar-refractivity contribution in [2.45, 2.75) is 26.9 Å². The molecule has 0 aliphatic rings. The van der Waals surface area contributed by atoms with Gasteiger partial charge in [-0.2, -0.15) is 0 Å². The van der Waals surface area contributed by atoms with Crippen molar-refractivity contribution in [2.75, 3.05) is 13.7 Å². The Bertz CT molecular complexity index is 662. The molecule has 1 aromatic rings. The number of esters is 1. The van der Waals surface area contributed by atoms with E-state index in [1.807, 2.05) is 12.2 Å². The van der Waals surface area contributed by atoms with Crippen LogP contribution < -0.4 is 20.5 Å². The topological polar surface area (TPSA) is 117 Å². The molecule has 0 unspecified atom stereocenters. The molecule has 1 aromatic carbocycles. The molecule has 3 amide bonds. The number of halogens is 1. The molecule has 0 fully saturated rings. The maximum absolute atomic E-state index is 12.4. The second kappa shape index (κ2) is 9.26. The standard InChI is InChI=1S/C16H21BrN2O6/c1-5-24-13-10(17)6-9(7-11(13)23-4)15(21)25-12(8(2)3)14(20)19-16(18)22/h6-8,12H,5H2,1-4H3,(H3,18,19,20,22)/t12-/m0/s1. The molecule has 1 atom stereocenters. The molecule has 1 rings (SSSR count). The Hall–Kier alpha value is -2.29. The summed E-state index contributed by atoms with van der Waals surface area (Å²) < 4.78 is 16.4. The molecule has 0 bridgehead atoms. The second-order valence-electron chi connectivity index (χ2n) is 5.35. The highest BCUT2D eigenvalue weighted by atomic mass is 79.9. The molecule has 0 spiro atoms. The van der Waals surface area contributed by atoms with E-state index < -0.39 is 24.0 Å². The largest absolute Gasteiger partial charge is 0.493 e. The van der Waals surface area contributed by atoms with Gasteiger partial charge in [0.1, 0.15) is 0 Å². The summed E-state index contributed by atoms with van der Waals surface area (Å²) in [6.45, 7) is 5.58. The van der Waals surface area contributed by atoms with Gasteiger partial charge in [0.05, 0.1) is 23.8 Å². The van der Waals surface area contributed by atoms with Crippen molar-refractivity contribution in [3.05, 3.63) is 22.2 Å². The number of methoxy groups -OCH3 is 1. The quantitative estimate of drug-likeness (QED) is 0.658. The Labute approximate surface area is 154 Å². The molecular formula is C16H21BrN2O6. The number of nitrogens with one attached hydrogen (secondary N) is 1. The lowest BCUT2D eigenvalue weighted by Crippen LogP contribution is -2.45. The molecule has 0 saturated carbocycles. The Kier molecular flexibility index (Phi) is 7.69. The molecule has 8 nitrogen and oxygen atoms in total. The molecule has 0 saturated heterocycles. The molecule has 9 heteroatoms. The zero-order chi connectivity index (χ0) is 19.1. The van der Waals surface area contributed by atoms with Crippen LogP contribution in [0.15, 0.2) is 16.6 Å². The normalized spacial score (nSPS) is 11.6. The van der Waals surface area contributed by atoms with Crippen LogP contribution in [-0.4, -0.2) is 37.7 Å². The van der Waals surface area contributed by atoms with Crippen molar-refractivity contribution < 1.29 is 28.6 Å². The molecule has 25 heavy (non-hydrogen) atoms. The summed E-state index contributed by atoms with van der Waals surface area (Å²) >= 11 is 3.31. The smallest absolute Gasteiger partial charge is 0.339 e. The summed E-state index contributed by atoms with van der Waals surface area (Å²) in [6, 6.07) is 1.93. The number of nitrogens with two attached hydrogens (primary N) is 1. The number of carbonyl (C=O) groups is 3. The molecule has 138 valence electrons. The Balaban J connectivity index is 3.07. The Morgan fingerprint density at radius 2 is 1.92 bits per heavy atom. The van der Waals surface area contributed by atoms with E-state index in [-0.39, 0.29) is 11.5 Å². The van der Waals surface area contributed by atoms with Crippen LogP contribution >= 0.6 is 15.9 Å². The van der Waals surface area contributed by atoms with Gasteiger partial charge in [0.2, 0.25) is 0 Å². The van der Waals surface area contributed by atoms with Crippen LogP contribution in [0.25, 0.3) is 0 Å². The number of rotatable bonds is 7. The van der Waals surface area contributed by atoms with Gasteiger partial charge in [0.25, 0.3) is 5.91 Å². The van der Waals surface area contributed by atoms with E-state index in [0.29, 0.717) is 22.6 Å². The number of imide groups is 1. The van der Waals surface area contributed by atoms with Gasteiger partial charge in [-0.15, -0.1) is 0 Å². The lowest BCUT2D eigenvalue weighted by molar-refractivity contribution is -0.130. The van der Waals surface area contributed by atoms with E-state index >= 15 is 0 Å². The number of carbonyl (C=O) groups excluding carboxylic acids is 3. The van der Waals surface area contributed by atoms with Gasteiger partial charge in [0.15, 0.2) is 17.6 Å². The van der Waals surface area contributed by atoms with Crippen molar-refractivity contribution in [3.63, 3.8) is 0 Å². The molecule has 3 N–H and O–H groups in total. The summed E-state index contributed by atoms with van der Waals surface area (Å²) in [7, 11) is 1.44. The van der Waals surface area contributed by atoms with E-state index in [0.717, 1.165) is 0 Å². The van der Waals surface area contributed by atoms with Crippen molar-refractivity contribution in [2.24, 2.45) is 11.7 Å². The fourth-order valence-corrected chi connectivity index (χ4v) is 2.55. The number of benzene rings is 1. The number of ether oxygens (including phenoxy) is 3. The molecule has 0 aromatic heterocycles. The van der Waals surface area contributed by atoms with Gasteiger partial charge >= 0.3 is 12.0 Å². The first-order chi connectivity index (χ1) is 11.7. The number of amides is 3. The van der Waals surface area contributed by atoms with E-state index in [1.165, 1.54) is 19.2 Å². The minimum atomic E-state index is -1.17. The summed E-state index contributed by atoms with van der Waals surface area (Å²) in [5, 5.41) is 1.91. The van der Waals surface area contributed by atoms with E-state index in [4.69, 9.17) is 19.9 Å². The highest BCUT2D eigenvalue weighted by Gasteiger charge is 2.28. The molecule has 0 radical (unpaired) electrons. The van der Waals surface area contributed by atoms with Crippen molar-refractivity contribution in [1.29, 1.82) is 0 Å². The average molecular weight is 417 g/mol. The second-order valence-corrected chi connectivity index (χ2v) is 6.20. The fraction of sp³-hybridized carbons (Fsp3) is 0.438. The van der Waals surface area contributed by atoms with Crippen LogP contribution in [0.3, 0.4) is 0 Å². The summed E-state index contributed by atoms with van der Waals surface area (Å²) in [4.78, 5) is 35.2. The number of hydrogen-bond donors (Lipinski definition) is 2. The lowest BCUT2D eigenvalue weighted by atomic mass is 10.1. The van der Waals surface area contributed by atoms with Gasteiger partial charge in [-0.1, -0.05) is 13.8 Å². The third-order valence-corrected chi connectivity index (χ3v) is 3.69. The van der Waals surface area contributed by atoms with E-state index in [1.54, 1.807) is 13.8 Å². The summed E-state index contributed by atoms with van der Waals surface area (Å²) in [6.07, 6.45) is -1.17. The monoisotopic (exact) mass is 416 g/mol. The van der Waals surface area contributed by atoms with Gasteiger partial charge in [-0.25, -0.2) is 9.59 Å². The van der Waals surface area contributed by atoms with Gasteiger partial charge in [-0.3, -0.25) is 10.1 Å². The molecular weight excluding hydrogens is 396 g/mol. The van der Waals surface area contributed by atoms with Crippen molar-refractivity contribution in [1.82, 2.24) is 5.32 Å². The first kappa shape index (κ1) is 20.8. The van der Waals surface area contributed by atoms with Crippen molar-refractivity contribution >= 4 is 33.8 Å². The average Bonchev–Trinajstić information content (AvgIpc) is 2.52. The molecule has 0 heterocycles. The first-order valence-electron chi connectivity index (χ1n) is 7.52. The number of primary amides is 1. The summed E-state index contributed by atoms with van der Waals surface area (Å²) in [5.74, 6) is -1.11. The highest BCUT2D eigenvalue weighted by molar-refractivity contribution is 9.10. The molecule has 0 aliphatic heterocycles. The van der Waals surface area contributed by atoms with Crippen LogP contribution in [0.4, 0.5) is 4.79 Å². The van der Waals surface area contributed by atoms with Gasteiger partial charge in [-0.05, 0) is 40.9 Å². The minimum Gasteiger partial charge on any atom is -0.493 e. The van der Waals surface area contributed by atoms with Crippen molar-refractivity contribution in [3.8, 4) is 11.5 Å². The van der Waals surface area contributed by atoms with Gasteiger partial charge in [0, 0.05) is 0 Å². The number of urea groups is 1. The summed E-state index contributed by atoms with van der Waals surface area (Å²) in [5.41, 5.74) is 5.09. The molecule has 0 aliphatic carbocycles. The third-order valence-electron chi connectivity index (χ3n) is 3.10. The maximum Gasteiger partial charge on any atom is 0.339 e. The van der Waals surface area contributed by atoms with Crippen LogP contribution in [0.2, 0.25) is 0 Å². The van der Waals surface area contributed by atoms with Crippen LogP contribution in [-0.2, 0) is 9.53 Å². The minimum absolute atomic E-state index is 0.157.